The van der Waals surface area contributed by atoms with Gasteiger partial charge in [0.15, 0.2) is 0 Å². The van der Waals surface area contributed by atoms with Crippen molar-refractivity contribution in [2.75, 3.05) is 6.61 Å². The van der Waals surface area contributed by atoms with E-state index in [1.54, 1.807) is 6.92 Å². The number of ether oxygens (including phenoxy) is 2. The molecule has 1 atom stereocenters. The van der Waals surface area contributed by atoms with Crippen LogP contribution < -0.4 is 0 Å². The second-order valence-electron chi connectivity index (χ2n) is 3.61. The Labute approximate surface area is 94.7 Å². The Balaban J connectivity index is 2.08. The van der Waals surface area contributed by atoms with Crippen LogP contribution in [0.15, 0.2) is 48.0 Å². The fourth-order valence-corrected chi connectivity index (χ4v) is 1.72. The van der Waals surface area contributed by atoms with Gasteiger partial charge < -0.3 is 9.47 Å². The second kappa shape index (κ2) is 4.84. The molecule has 84 valence electrons. The van der Waals surface area contributed by atoms with Crippen LogP contribution in [-0.4, -0.2) is 12.6 Å². The Bertz CT molecular complexity index is 399. The minimum absolute atomic E-state index is 0.246. The predicted molar refractivity (Wildman–Crippen MR) is 60.3 cm³/mol. The van der Waals surface area contributed by atoms with E-state index in [0.717, 1.165) is 12.2 Å². The summed E-state index contributed by atoms with van der Waals surface area (Å²) in [6.45, 7) is 2.17. The van der Waals surface area contributed by atoms with Crippen LogP contribution in [0.2, 0.25) is 0 Å². The monoisotopic (exact) mass is 218 g/mol. The van der Waals surface area contributed by atoms with Crippen LogP contribution in [0, 0.1) is 5.92 Å². The topological polar surface area (TPSA) is 35.5 Å². The fraction of sp³-hybridized carbons (Fsp3) is 0.308. The van der Waals surface area contributed by atoms with Crippen molar-refractivity contribution in [3.8, 4) is 0 Å². The number of carbonyl (C=O) groups excluding carboxylic acids is 1. The fourth-order valence-electron chi connectivity index (χ4n) is 1.72. The molecule has 1 unspecified atom stereocenters. The standard InChI is InChI=1S/C13H14O3/c1-2-15-13(14)9-11-8-10-6-4-3-5-7-12(10)16-11/h3-7,9-10H,2,8H2,1H3/b11-9-. The summed E-state index contributed by atoms with van der Waals surface area (Å²) in [5.41, 5.74) is 0. The van der Waals surface area contributed by atoms with Crippen LogP contribution >= 0.6 is 0 Å². The maximum Gasteiger partial charge on any atom is 0.334 e. The quantitative estimate of drug-likeness (QED) is 0.527. The van der Waals surface area contributed by atoms with E-state index in [1.807, 2.05) is 24.3 Å². The summed E-state index contributed by atoms with van der Waals surface area (Å²) in [5, 5.41) is 0. The van der Waals surface area contributed by atoms with Crippen molar-refractivity contribution >= 4 is 5.97 Å². The SMILES string of the molecule is CCOC(=O)/C=C1/CC2C=CC=CC=C2O1. The van der Waals surface area contributed by atoms with Gasteiger partial charge in [0.05, 0.1) is 12.7 Å². The zero-order valence-corrected chi connectivity index (χ0v) is 9.18. The number of allylic oxidation sites excluding steroid dienone is 6. The average Bonchev–Trinajstić information content (AvgIpc) is 2.48. The van der Waals surface area contributed by atoms with E-state index in [0.29, 0.717) is 12.4 Å². The zero-order chi connectivity index (χ0) is 11.4. The first-order valence-corrected chi connectivity index (χ1v) is 5.40. The first kappa shape index (κ1) is 10.7. The molecule has 0 aromatic rings. The van der Waals surface area contributed by atoms with E-state index in [9.17, 15) is 4.79 Å². The average molecular weight is 218 g/mol. The van der Waals surface area contributed by atoms with Crippen molar-refractivity contribution in [2.24, 2.45) is 5.92 Å². The Morgan fingerprint density at radius 1 is 1.56 bits per heavy atom. The minimum Gasteiger partial charge on any atom is -0.465 e. The summed E-state index contributed by atoms with van der Waals surface area (Å²) in [4.78, 5) is 11.2. The first-order valence-electron chi connectivity index (χ1n) is 5.40. The molecule has 16 heavy (non-hydrogen) atoms. The highest BCUT2D eigenvalue weighted by Crippen LogP contribution is 2.34. The molecule has 0 spiro atoms. The van der Waals surface area contributed by atoms with Gasteiger partial charge in [-0.15, -0.1) is 0 Å². The van der Waals surface area contributed by atoms with Crippen molar-refractivity contribution in [3.63, 3.8) is 0 Å². The molecule has 3 nitrogen and oxygen atoms in total. The summed E-state index contributed by atoms with van der Waals surface area (Å²) in [6.07, 6.45) is 12.0. The molecule has 1 aliphatic heterocycles. The van der Waals surface area contributed by atoms with Gasteiger partial charge in [0.1, 0.15) is 11.5 Å². The number of rotatable bonds is 2. The van der Waals surface area contributed by atoms with Crippen molar-refractivity contribution in [3.05, 3.63) is 48.0 Å². The highest BCUT2D eigenvalue weighted by atomic mass is 16.5. The molecule has 2 aliphatic rings. The molecular formula is C13H14O3. The molecule has 1 heterocycles. The first-order chi connectivity index (χ1) is 7.79. The number of hydrogen-bond acceptors (Lipinski definition) is 3. The second-order valence-corrected chi connectivity index (χ2v) is 3.61. The van der Waals surface area contributed by atoms with Gasteiger partial charge in [-0.2, -0.15) is 0 Å². The van der Waals surface area contributed by atoms with Gasteiger partial charge in [-0.05, 0) is 13.0 Å². The lowest BCUT2D eigenvalue weighted by Gasteiger charge is -2.00. The number of esters is 1. The molecule has 0 radical (unpaired) electrons. The zero-order valence-electron chi connectivity index (χ0n) is 9.18. The highest BCUT2D eigenvalue weighted by Gasteiger charge is 2.25. The minimum atomic E-state index is -0.339. The van der Waals surface area contributed by atoms with E-state index in [-0.39, 0.29) is 11.9 Å². The predicted octanol–water partition coefficient (Wildman–Crippen LogP) is 2.48. The summed E-state index contributed by atoms with van der Waals surface area (Å²) in [5.74, 6) is 1.47. The third-order valence-electron chi connectivity index (χ3n) is 2.43. The Kier molecular flexibility index (Phi) is 3.25. The lowest BCUT2D eigenvalue weighted by Crippen LogP contribution is -2.00. The molecule has 0 bridgehead atoms. The summed E-state index contributed by atoms with van der Waals surface area (Å²) in [6, 6.07) is 0. The summed E-state index contributed by atoms with van der Waals surface area (Å²) in [7, 11) is 0. The molecule has 0 saturated carbocycles. The van der Waals surface area contributed by atoms with Crippen LogP contribution in [0.3, 0.4) is 0 Å². The molecule has 1 saturated heterocycles. The summed E-state index contributed by atoms with van der Waals surface area (Å²) < 4.78 is 10.4. The van der Waals surface area contributed by atoms with Crippen LogP contribution in [0.1, 0.15) is 13.3 Å². The lowest BCUT2D eigenvalue weighted by molar-refractivity contribution is -0.137. The van der Waals surface area contributed by atoms with Crippen molar-refractivity contribution in [1.29, 1.82) is 0 Å². The molecule has 3 heteroatoms. The van der Waals surface area contributed by atoms with E-state index in [2.05, 4.69) is 6.08 Å². The van der Waals surface area contributed by atoms with Crippen molar-refractivity contribution in [1.82, 2.24) is 0 Å². The van der Waals surface area contributed by atoms with E-state index >= 15 is 0 Å². The summed E-state index contributed by atoms with van der Waals surface area (Å²) >= 11 is 0. The van der Waals surface area contributed by atoms with Gasteiger partial charge in [0.2, 0.25) is 0 Å². The Morgan fingerprint density at radius 2 is 2.44 bits per heavy atom. The maximum atomic E-state index is 11.2. The molecule has 0 aromatic heterocycles. The van der Waals surface area contributed by atoms with Gasteiger partial charge in [0, 0.05) is 12.3 Å². The van der Waals surface area contributed by atoms with Gasteiger partial charge in [-0.25, -0.2) is 4.79 Å². The number of carbonyl (C=O) groups is 1. The Hall–Kier alpha value is -1.77. The van der Waals surface area contributed by atoms with Crippen LogP contribution in [0.4, 0.5) is 0 Å². The number of fused-ring (bicyclic) bond motifs is 1. The highest BCUT2D eigenvalue weighted by molar-refractivity contribution is 5.82. The molecule has 0 N–H and O–H groups in total. The van der Waals surface area contributed by atoms with Gasteiger partial charge >= 0.3 is 5.97 Å². The molecule has 1 fully saturated rings. The maximum absolute atomic E-state index is 11.2. The van der Waals surface area contributed by atoms with Gasteiger partial charge in [0.25, 0.3) is 0 Å². The van der Waals surface area contributed by atoms with Crippen LogP contribution in [0.25, 0.3) is 0 Å². The molecule has 1 aliphatic carbocycles. The molecule has 2 rings (SSSR count). The lowest BCUT2D eigenvalue weighted by atomic mass is 10.0. The Morgan fingerprint density at radius 3 is 3.25 bits per heavy atom. The van der Waals surface area contributed by atoms with E-state index in [1.165, 1.54) is 6.08 Å². The van der Waals surface area contributed by atoms with Crippen molar-refractivity contribution in [2.45, 2.75) is 13.3 Å². The molecular weight excluding hydrogens is 204 g/mol. The smallest absolute Gasteiger partial charge is 0.334 e. The largest absolute Gasteiger partial charge is 0.465 e. The third-order valence-corrected chi connectivity index (χ3v) is 2.43. The van der Waals surface area contributed by atoms with E-state index < -0.39 is 0 Å². The number of hydrogen-bond donors (Lipinski definition) is 0. The van der Waals surface area contributed by atoms with Gasteiger partial charge in [-0.1, -0.05) is 24.3 Å². The van der Waals surface area contributed by atoms with Crippen molar-refractivity contribution < 1.29 is 14.3 Å². The molecule has 0 amide bonds. The third kappa shape index (κ3) is 2.42. The van der Waals surface area contributed by atoms with Gasteiger partial charge in [-0.3, -0.25) is 0 Å². The van der Waals surface area contributed by atoms with E-state index in [4.69, 9.17) is 9.47 Å². The molecule has 0 aromatic carbocycles. The normalized spacial score (nSPS) is 24.7. The van der Waals surface area contributed by atoms with Crippen LogP contribution in [0.5, 0.6) is 0 Å². The van der Waals surface area contributed by atoms with Crippen LogP contribution in [-0.2, 0) is 14.3 Å².